The first kappa shape index (κ1) is 13.8. The summed E-state index contributed by atoms with van der Waals surface area (Å²) in [5.74, 6) is 0.580. The van der Waals surface area contributed by atoms with E-state index in [1.807, 2.05) is 6.07 Å². The molecule has 0 saturated carbocycles. The highest BCUT2D eigenvalue weighted by molar-refractivity contribution is 5.99. The second-order valence-corrected chi connectivity index (χ2v) is 5.14. The van der Waals surface area contributed by atoms with Gasteiger partial charge in [-0.25, -0.2) is 0 Å². The van der Waals surface area contributed by atoms with E-state index in [1.165, 1.54) is 0 Å². The Morgan fingerprint density at radius 2 is 2.21 bits per heavy atom. The van der Waals surface area contributed by atoms with Crippen molar-refractivity contribution in [3.05, 3.63) is 23.8 Å². The zero-order valence-electron chi connectivity index (χ0n) is 11.7. The minimum atomic E-state index is -0.989. The van der Waals surface area contributed by atoms with Gasteiger partial charge < -0.3 is 20.1 Å². The Hall–Kier alpha value is -1.59. The largest absolute Gasteiger partial charge is 0.479 e. The van der Waals surface area contributed by atoms with Crippen LogP contribution < -0.4 is 15.0 Å². The Kier molecular flexibility index (Phi) is 3.52. The fraction of sp³-hybridized carbons (Fsp3) is 0.500. The first-order valence-electron chi connectivity index (χ1n) is 6.32. The van der Waals surface area contributed by atoms with Crippen molar-refractivity contribution in [3.8, 4) is 5.75 Å². The number of benzene rings is 1. The highest BCUT2D eigenvalue weighted by Crippen LogP contribution is 2.36. The van der Waals surface area contributed by atoms with E-state index < -0.39 is 11.7 Å². The maximum atomic E-state index is 11.9. The standard InChI is InChI=1S/C14H20N2O3/c1-9-13(17)16(4)11-7-10(5-6-12(11)19-9)14(2,18)8-15-3/h5-7,9,15,18H,8H2,1-4H3. The van der Waals surface area contributed by atoms with Gasteiger partial charge in [0.05, 0.1) is 11.3 Å². The van der Waals surface area contributed by atoms with Crippen LogP contribution in [0.3, 0.4) is 0 Å². The van der Waals surface area contributed by atoms with Gasteiger partial charge in [-0.2, -0.15) is 0 Å². The first-order valence-corrected chi connectivity index (χ1v) is 6.32. The van der Waals surface area contributed by atoms with Gasteiger partial charge in [-0.1, -0.05) is 6.07 Å². The van der Waals surface area contributed by atoms with Crippen LogP contribution in [0, 0.1) is 0 Å². The molecular formula is C14H20N2O3. The minimum absolute atomic E-state index is 0.0853. The van der Waals surface area contributed by atoms with Crippen molar-refractivity contribution in [3.63, 3.8) is 0 Å². The van der Waals surface area contributed by atoms with Gasteiger partial charge in [0, 0.05) is 13.6 Å². The molecule has 2 N–H and O–H groups in total. The first-order chi connectivity index (χ1) is 8.86. The summed E-state index contributed by atoms with van der Waals surface area (Å²) in [7, 11) is 3.50. The topological polar surface area (TPSA) is 61.8 Å². The average molecular weight is 264 g/mol. The van der Waals surface area contributed by atoms with Crippen molar-refractivity contribution in [2.45, 2.75) is 25.6 Å². The summed E-state index contributed by atoms with van der Waals surface area (Å²) < 4.78 is 5.55. The van der Waals surface area contributed by atoms with Gasteiger partial charge in [0.1, 0.15) is 5.75 Å². The summed E-state index contributed by atoms with van der Waals surface area (Å²) in [6.07, 6.45) is -0.471. The number of aliphatic hydroxyl groups is 1. The molecule has 0 aliphatic carbocycles. The van der Waals surface area contributed by atoms with Crippen molar-refractivity contribution >= 4 is 11.6 Å². The van der Waals surface area contributed by atoms with Crippen LogP contribution in [0.25, 0.3) is 0 Å². The number of carbonyl (C=O) groups is 1. The van der Waals surface area contributed by atoms with Crippen LogP contribution >= 0.6 is 0 Å². The van der Waals surface area contributed by atoms with Gasteiger partial charge in [-0.05, 0) is 38.6 Å². The number of anilines is 1. The molecular weight excluding hydrogens is 244 g/mol. The molecule has 1 amide bonds. The lowest BCUT2D eigenvalue weighted by molar-refractivity contribution is -0.125. The van der Waals surface area contributed by atoms with Gasteiger partial charge in [-0.3, -0.25) is 4.79 Å². The van der Waals surface area contributed by atoms with E-state index >= 15 is 0 Å². The molecule has 1 heterocycles. The molecule has 104 valence electrons. The number of ether oxygens (including phenoxy) is 1. The molecule has 1 aromatic carbocycles. The van der Waals surface area contributed by atoms with Crippen LogP contribution in [0.15, 0.2) is 18.2 Å². The number of likely N-dealkylation sites (N-methyl/N-ethyl adjacent to an activating group) is 2. The maximum Gasteiger partial charge on any atom is 0.267 e. The molecule has 19 heavy (non-hydrogen) atoms. The molecule has 1 aliphatic rings. The molecule has 0 aromatic heterocycles. The average Bonchev–Trinajstić information content (AvgIpc) is 2.35. The van der Waals surface area contributed by atoms with E-state index in [-0.39, 0.29) is 5.91 Å². The molecule has 2 atom stereocenters. The smallest absolute Gasteiger partial charge is 0.267 e. The summed E-state index contributed by atoms with van der Waals surface area (Å²) in [5.41, 5.74) is 0.451. The Bertz CT molecular complexity index is 499. The number of hydrogen-bond donors (Lipinski definition) is 2. The highest BCUT2D eigenvalue weighted by Gasteiger charge is 2.31. The van der Waals surface area contributed by atoms with E-state index in [0.29, 0.717) is 18.0 Å². The van der Waals surface area contributed by atoms with Crippen LogP contribution in [0.1, 0.15) is 19.4 Å². The summed E-state index contributed by atoms with van der Waals surface area (Å²) in [6, 6.07) is 5.43. The third-order valence-electron chi connectivity index (χ3n) is 3.45. The number of amides is 1. The second-order valence-electron chi connectivity index (χ2n) is 5.14. The number of carbonyl (C=O) groups excluding carboxylic acids is 1. The number of hydrogen-bond acceptors (Lipinski definition) is 4. The second kappa shape index (κ2) is 4.83. The van der Waals surface area contributed by atoms with Gasteiger partial charge in [0.25, 0.3) is 5.91 Å². The van der Waals surface area contributed by atoms with Crippen molar-refractivity contribution in [1.29, 1.82) is 0 Å². The number of fused-ring (bicyclic) bond motifs is 1. The Labute approximate surface area is 113 Å². The molecule has 2 unspecified atom stereocenters. The quantitative estimate of drug-likeness (QED) is 0.850. The highest BCUT2D eigenvalue weighted by atomic mass is 16.5. The summed E-state index contributed by atoms with van der Waals surface area (Å²) >= 11 is 0. The molecule has 1 aliphatic heterocycles. The Morgan fingerprint density at radius 3 is 2.84 bits per heavy atom. The molecule has 0 saturated heterocycles. The summed E-state index contributed by atoms with van der Waals surface area (Å²) in [4.78, 5) is 13.5. The van der Waals surface area contributed by atoms with E-state index in [9.17, 15) is 9.90 Å². The van der Waals surface area contributed by atoms with Gasteiger partial charge in [-0.15, -0.1) is 0 Å². The predicted octanol–water partition coefficient (Wildman–Crippen LogP) is 0.857. The third-order valence-corrected chi connectivity index (χ3v) is 3.45. The zero-order valence-corrected chi connectivity index (χ0v) is 11.7. The van der Waals surface area contributed by atoms with E-state index in [2.05, 4.69) is 5.32 Å². The normalized spacial score (nSPS) is 21.6. The molecule has 0 radical (unpaired) electrons. The summed E-state index contributed by atoms with van der Waals surface area (Å²) in [6.45, 7) is 3.90. The summed E-state index contributed by atoms with van der Waals surface area (Å²) in [5, 5.41) is 13.3. The van der Waals surface area contributed by atoms with Crippen molar-refractivity contribution in [2.24, 2.45) is 0 Å². The van der Waals surface area contributed by atoms with Crippen LogP contribution in [0.2, 0.25) is 0 Å². The van der Waals surface area contributed by atoms with Crippen molar-refractivity contribution in [1.82, 2.24) is 5.32 Å². The molecule has 0 bridgehead atoms. The van der Waals surface area contributed by atoms with E-state index in [0.717, 1.165) is 5.56 Å². The van der Waals surface area contributed by atoms with Crippen molar-refractivity contribution in [2.75, 3.05) is 25.5 Å². The number of rotatable bonds is 3. The van der Waals surface area contributed by atoms with Crippen LogP contribution in [0.4, 0.5) is 5.69 Å². The monoisotopic (exact) mass is 264 g/mol. The zero-order chi connectivity index (χ0) is 14.2. The van der Waals surface area contributed by atoms with Crippen LogP contribution in [-0.2, 0) is 10.4 Å². The molecule has 2 rings (SSSR count). The predicted molar refractivity (Wildman–Crippen MR) is 73.4 cm³/mol. The molecule has 0 spiro atoms. The van der Waals surface area contributed by atoms with Gasteiger partial charge >= 0.3 is 0 Å². The van der Waals surface area contributed by atoms with Gasteiger partial charge in [0.15, 0.2) is 6.10 Å². The molecule has 5 nitrogen and oxygen atoms in total. The number of nitrogens with one attached hydrogen (secondary N) is 1. The molecule has 5 heteroatoms. The fourth-order valence-corrected chi connectivity index (χ4v) is 2.29. The number of nitrogens with zero attached hydrogens (tertiary/aromatic N) is 1. The van der Waals surface area contributed by atoms with Crippen LogP contribution in [-0.4, -0.2) is 37.8 Å². The van der Waals surface area contributed by atoms with Crippen LogP contribution in [0.5, 0.6) is 5.75 Å². The Morgan fingerprint density at radius 1 is 1.53 bits per heavy atom. The Balaban J connectivity index is 2.42. The lowest BCUT2D eigenvalue weighted by Crippen LogP contribution is -2.42. The van der Waals surface area contributed by atoms with Gasteiger partial charge in [0.2, 0.25) is 0 Å². The SMILES string of the molecule is CNCC(C)(O)c1ccc2c(c1)N(C)C(=O)C(C)O2. The molecule has 1 aromatic rings. The minimum Gasteiger partial charge on any atom is -0.479 e. The van der Waals surface area contributed by atoms with E-state index in [4.69, 9.17) is 4.74 Å². The fourth-order valence-electron chi connectivity index (χ4n) is 2.29. The van der Waals surface area contributed by atoms with E-state index in [1.54, 1.807) is 45.0 Å². The lowest BCUT2D eigenvalue weighted by atomic mass is 9.94. The van der Waals surface area contributed by atoms with Crippen molar-refractivity contribution < 1.29 is 14.6 Å². The maximum absolute atomic E-state index is 11.9. The lowest BCUT2D eigenvalue weighted by Gasteiger charge is -2.32. The molecule has 0 fully saturated rings. The third kappa shape index (κ3) is 2.43.